The predicted molar refractivity (Wildman–Crippen MR) is 54.2 cm³/mol. The van der Waals surface area contributed by atoms with E-state index in [4.69, 9.17) is 6.42 Å². The van der Waals surface area contributed by atoms with E-state index in [9.17, 15) is 9.50 Å². The maximum atomic E-state index is 12.8. The van der Waals surface area contributed by atoms with Gasteiger partial charge in [0.05, 0.1) is 6.10 Å². The van der Waals surface area contributed by atoms with Crippen LogP contribution in [0.15, 0.2) is 24.3 Å². The fourth-order valence-corrected chi connectivity index (χ4v) is 1.29. The minimum atomic E-state index is -0.479. The van der Waals surface area contributed by atoms with E-state index in [0.29, 0.717) is 19.3 Å². The molecule has 0 saturated heterocycles. The maximum Gasteiger partial charge on any atom is 0.123 e. The Morgan fingerprint density at radius 2 is 2.29 bits per heavy atom. The second kappa shape index (κ2) is 5.41. The Bertz CT molecular complexity index is 327. The lowest BCUT2D eigenvalue weighted by molar-refractivity contribution is 0.166. The Morgan fingerprint density at radius 3 is 2.93 bits per heavy atom. The number of halogens is 1. The SMILES string of the molecule is C#CCCC(O)Cc1cccc(F)c1. The van der Waals surface area contributed by atoms with Gasteiger partial charge in [-0.2, -0.15) is 0 Å². The molecule has 0 saturated carbocycles. The van der Waals surface area contributed by atoms with Crippen molar-refractivity contribution in [2.75, 3.05) is 0 Å². The Morgan fingerprint density at radius 1 is 1.50 bits per heavy atom. The quantitative estimate of drug-likeness (QED) is 0.725. The number of aliphatic hydroxyl groups is 1. The van der Waals surface area contributed by atoms with Crippen molar-refractivity contribution in [3.63, 3.8) is 0 Å². The summed E-state index contributed by atoms with van der Waals surface area (Å²) in [7, 11) is 0. The van der Waals surface area contributed by atoms with Crippen LogP contribution in [0.3, 0.4) is 0 Å². The first-order valence-electron chi connectivity index (χ1n) is 4.58. The molecule has 0 aliphatic heterocycles. The fraction of sp³-hybridized carbons (Fsp3) is 0.333. The largest absolute Gasteiger partial charge is 0.393 e. The number of hydrogen-bond acceptors (Lipinski definition) is 1. The third-order valence-corrected chi connectivity index (χ3v) is 1.98. The molecule has 1 nitrogen and oxygen atoms in total. The van der Waals surface area contributed by atoms with Crippen molar-refractivity contribution in [3.8, 4) is 12.3 Å². The van der Waals surface area contributed by atoms with Crippen LogP contribution in [0, 0.1) is 18.2 Å². The molecule has 2 heteroatoms. The lowest BCUT2D eigenvalue weighted by Gasteiger charge is -2.08. The van der Waals surface area contributed by atoms with Gasteiger partial charge in [-0.3, -0.25) is 0 Å². The number of terminal acetylenes is 1. The molecule has 0 aromatic heterocycles. The smallest absolute Gasteiger partial charge is 0.123 e. The molecule has 74 valence electrons. The molecule has 1 rings (SSSR count). The summed E-state index contributed by atoms with van der Waals surface area (Å²) in [4.78, 5) is 0. The van der Waals surface area contributed by atoms with Gasteiger partial charge in [0, 0.05) is 6.42 Å². The number of aliphatic hydroxyl groups excluding tert-OH is 1. The summed E-state index contributed by atoms with van der Waals surface area (Å²) in [5.41, 5.74) is 0.800. The van der Waals surface area contributed by atoms with Crippen LogP contribution in [-0.2, 0) is 6.42 Å². The zero-order valence-electron chi connectivity index (χ0n) is 7.91. The molecule has 0 amide bonds. The lowest BCUT2D eigenvalue weighted by Crippen LogP contribution is -2.09. The van der Waals surface area contributed by atoms with Crippen LogP contribution in [0.4, 0.5) is 4.39 Å². The van der Waals surface area contributed by atoms with Crippen molar-refractivity contribution in [2.45, 2.75) is 25.4 Å². The Hall–Kier alpha value is -1.33. The van der Waals surface area contributed by atoms with Crippen LogP contribution in [0.1, 0.15) is 18.4 Å². The molecule has 1 N–H and O–H groups in total. The van der Waals surface area contributed by atoms with Gasteiger partial charge in [-0.15, -0.1) is 12.3 Å². The molecule has 1 atom stereocenters. The molecule has 0 aliphatic rings. The standard InChI is InChI=1S/C12H13FO/c1-2-3-7-12(14)9-10-5-4-6-11(13)8-10/h1,4-6,8,12,14H,3,7,9H2. The number of benzene rings is 1. The van der Waals surface area contributed by atoms with Crippen molar-refractivity contribution < 1.29 is 9.50 Å². The highest BCUT2D eigenvalue weighted by Gasteiger charge is 2.04. The summed E-state index contributed by atoms with van der Waals surface area (Å²) in [6.07, 6.45) is 6.17. The summed E-state index contributed by atoms with van der Waals surface area (Å²) in [5.74, 6) is 2.19. The summed E-state index contributed by atoms with van der Waals surface area (Å²) < 4.78 is 12.8. The number of rotatable bonds is 4. The minimum Gasteiger partial charge on any atom is -0.393 e. The van der Waals surface area contributed by atoms with Gasteiger partial charge in [0.2, 0.25) is 0 Å². The van der Waals surface area contributed by atoms with Gasteiger partial charge in [0.15, 0.2) is 0 Å². The first kappa shape index (κ1) is 10.7. The highest BCUT2D eigenvalue weighted by molar-refractivity contribution is 5.17. The molecule has 14 heavy (non-hydrogen) atoms. The predicted octanol–water partition coefficient (Wildman–Crippen LogP) is 2.14. The van der Waals surface area contributed by atoms with Gasteiger partial charge < -0.3 is 5.11 Å². The molecule has 1 aromatic carbocycles. The lowest BCUT2D eigenvalue weighted by atomic mass is 10.0. The van der Waals surface area contributed by atoms with E-state index in [1.807, 2.05) is 0 Å². The second-order valence-electron chi connectivity index (χ2n) is 3.23. The molecule has 1 unspecified atom stereocenters. The molecule has 0 heterocycles. The van der Waals surface area contributed by atoms with Crippen molar-refractivity contribution in [3.05, 3.63) is 35.6 Å². The minimum absolute atomic E-state index is 0.272. The Balaban J connectivity index is 2.48. The molecule has 0 fully saturated rings. The summed E-state index contributed by atoms with van der Waals surface area (Å²) in [6, 6.07) is 6.25. The zero-order valence-corrected chi connectivity index (χ0v) is 7.91. The summed E-state index contributed by atoms with van der Waals surface area (Å²) in [6.45, 7) is 0. The second-order valence-corrected chi connectivity index (χ2v) is 3.23. The molecule has 0 bridgehead atoms. The van der Waals surface area contributed by atoms with E-state index >= 15 is 0 Å². The van der Waals surface area contributed by atoms with Crippen molar-refractivity contribution >= 4 is 0 Å². The zero-order chi connectivity index (χ0) is 10.4. The average Bonchev–Trinajstić information content (AvgIpc) is 2.15. The van der Waals surface area contributed by atoms with Crippen molar-refractivity contribution in [1.82, 2.24) is 0 Å². The van der Waals surface area contributed by atoms with Crippen LogP contribution >= 0.6 is 0 Å². The van der Waals surface area contributed by atoms with E-state index in [-0.39, 0.29) is 5.82 Å². The van der Waals surface area contributed by atoms with Gasteiger partial charge in [-0.05, 0) is 30.5 Å². The summed E-state index contributed by atoms with van der Waals surface area (Å²) >= 11 is 0. The van der Waals surface area contributed by atoms with Gasteiger partial charge in [-0.25, -0.2) is 4.39 Å². The van der Waals surface area contributed by atoms with Crippen LogP contribution in [-0.4, -0.2) is 11.2 Å². The molecule has 0 aliphatic carbocycles. The average molecular weight is 192 g/mol. The first-order valence-corrected chi connectivity index (χ1v) is 4.58. The Labute approximate surface area is 83.6 Å². The van der Waals surface area contributed by atoms with Crippen LogP contribution in [0.5, 0.6) is 0 Å². The highest BCUT2D eigenvalue weighted by Crippen LogP contribution is 2.09. The van der Waals surface area contributed by atoms with Crippen LogP contribution in [0.25, 0.3) is 0 Å². The highest BCUT2D eigenvalue weighted by atomic mass is 19.1. The molecule has 0 radical (unpaired) electrons. The Kier molecular flexibility index (Phi) is 4.15. The van der Waals surface area contributed by atoms with Crippen molar-refractivity contribution in [1.29, 1.82) is 0 Å². The maximum absolute atomic E-state index is 12.8. The van der Waals surface area contributed by atoms with E-state index in [1.165, 1.54) is 12.1 Å². The van der Waals surface area contributed by atoms with E-state index in [2.05, 4.69) is 5.92 Å². The summed E-state index contributed by atoms with van der Waals surface area (Å²) in [5, 5.41) is 9.51. The van der Waals surface area contributed by atoms with E-state index in [0.717, 1.165) is 5.56 Å². The normalized spacial score (nSPS) is 12.1. The third-order valence-electron chi connectivity index (χ3n) is 1.98. The van der Waals surface area contributed by atoms with Gasteiger partial charge in [0.25, 0.3) is 0 Å². The fourth-order valence-electron chi connectivity index (χ4n) is 1.29. The van der Waals surface area contributed by atoms with Crippen LogP contribution in [0.2, 0.25) is 0 Å². The van der Waals surface area contributed by atoms with E-state index in [1.54, 1.807) is 12.1 Å². The van der Waals surface area contributed by atoms with Gasteiger partial charge in [0.1, 0.15) is 5.82 Å². The van der Waals surface area contributed by atoms with Gasteiger partial charge >= 0.3 is 0 Å². The molecular weight excluding hydrogens is 179 g/mol. The number of hydrogen-bond donors (Lipinski definition) is 1. The molecule has 0 spiro atoms. The van der Waals surface area contributed by atoms with Gasteiger partial charge in [-0.1, -0.05) is 12.1 Å². The van der Waals surface area contributed by atoms with Crippen LogP contribution < -0.4 is 0 Å². The molecular formula is C12H13FO. The third kappa shape index (κ3) is 3.59. The first-order chi connectivity index (χ1) is 6.72. The monoisotopic (exact) mass is 192 g/mol. The molecule has 1 aromatic rings. The van der Waals surface area contributed by atoms with E-state index < -0.39 is 6.10 Å². The topological polar surface area (TPSA) is 20.2 Å². The van der Waals surface area contributed by atoms with Crippen molar-refractivity contribution in [2.24, 2.45) is 0 Å².